The van der Waals surface area contributed by atoms with Gasteiger partial charge in [-0.05, 0) is 42.8 Å². The third kappa shape index (κ3) is 2.57. The number of hydrogen-bond acceptors (Lipinski definition) is 3. The fraction of sp³-hybridized carbons (Fsp3) is 0.0667. The minimum atomic E-state index is 0.602. The van der Waals surface area contributed by atoms with E-state index in [1.807, 2.05) is 25.1 Å². The molecule has 0 atom stereocenters. The molecule has 5 heteroatoms. The van der Waals surface area contributed by atoms with Crippen LogP contribution in [-0.4, -0.2) is 16.3 Å². The number of carbonyl (C=O) groups excluding carboxylic acids is 1. The van der Waals surface area contributed by atoms with Gasteiger partial charge in [-0.1, -0.05) is 29.4 Å². The quantitative estimate of drug-likeness (QED) is 0.725. The standard InChI is InChI=1S/C15H11ClN2OS/c1-9-2-5-12-13(6-9)18-15(17-12)20-14-7-11(16)4-3-10(14)8-19/h2-8H,1H3,(H,17,18). The number of imidazole rings is 1. The molecule has 0 radical (unpaired) electrons. The van der Waals surface area contributed by atoms with Crippen molar-refractivity contribution in [3.05, 3.63) is 52.5 Å². The maximum absolute atomic E-state index is 11.1. The second-order valence-electron chi connectivity index (χ2n) is 4.46. The lowest BCUT2D eigenvalue weighted by atomic mass is 10.2. The Kier molecular flexibility index (Phi) is 3.51. The van der Waals surface area contributed by atoms with Gasteiger partial charge in [-0.3, -0.25) is 4.79 Å². The van der Waals surface area contributed by atoms with E-state index in [4.69, 9.17) is 11.6 Å². The molecular formula is C15H11ClN2OS. The average molecular weight is 303 g/mol. The zero-order valence-corrected chi connectivity index (χ0v) is 12.3. The van der Waals surface area contributed by atoms with E-state index in [2.05, 4.69) is 9.97 Å². The molecule has 3 nitrogen and oxygen atoms in total. The molecule has 0 aliphatic rings. The van der Waals surface area contributed by atoms with Gasteiger partial charge in [0.25, 0.3) is 0 Å². The summed E-state index contributed by atoms with van der Waals surface area (Å²) in [5, 5.41) is 1.35. The first kappa shape index (κ1) is 13.2. The summed E-state index contributed by atoms with van der Waals surface area (Å²) in [5.41, 5.74) is 3.68. The topological polar surface area (TPSA) is 45.8 Å². The zero-order valence-electron chi connectivity index (χ0n) is 10.7. The van der Waals surface area contributed by atoms with Crippen molar-refractivity contribution in [1.82, 2.24) is 9.97 Å². The van der Waals surface area contributed by atoms with Crippen LogP contribution in [0.15, 0.2) is 46.5 Å². The molecule has 0 bridgehead atoms. The Balaban J connectivity index is 2.00. The highest BCUT2D eigenvalue weighted by atomic mass is 35.5. The lowest BCUT2D eigenvalue weighted by Crippen LogP contribution is -1.85. The molecule has 0 spiro atoms. The van der Waals surface area contributed by atoms with E-state index in [1.54, 1.807) is 18.2 Å². The highest BCUT2D eigenvalue weighted by Crippen LogP contribution is 2.31. The second-order valence-corrected chi connectivity index (χ2v) is 5.93. The molecule has 0 amide bonds. The summed E-state index contributed by atoms with van der Waals surface area (Å²) in [4.78, 5) is 19.6. The molecule has 2 aromatic carbocycles. The molecule has 0 unspecified atom stereocenters. The molecule has 0 saturated heterocycles. The number of nitrogens with zero attached hydrogens (tertiary/aromatic N) is 1. The van der Waals surface area contributed by atoms with Crippen molar-refractivity contribution in [3.8, 4) is 0 Å². The molecule has 20 heavy (non-hydrogen) atoms. The number of aromatic amines is 1. The van der Waals surface area contributed by atoms with Crippen LogP contribution in [0.5, 0.6) is 0 Å². The van der Waals surface area contributed by atoms with Crippen molar-refractivity contribution < 1.29 is 4.79 Å². The SMILES string of the molecule is Cc1ccc2nc(Sc3cc(Cl)ccc3C=O)[nH]c2c1. The monoisotopic (exact) mass is 302 g/mol. The molecular weight excluding hydrogens is 292 g/mol. The van der Waals surface area contributed by atoms with Crippen LogP contribution in [0.1, 0.15) is 15.9 Å². The minimum Gasteiger partial charge on any atom is -0.333 e. The molecule has 3 rings (SSSR count). The number of fused-ring (bicyclic) bond motifs is 1. The van der Waals surface area contributed by atoms with Gasteiger partial charge >= 0.3 is 0 Å². The number of rotatable bonds is 3. The second kappa shape index (κ2) is 5.31. The third-order valence-corrected chi connectivity index (χ3v) is 4.12. The van der Waals surface area contributed by atoms with Crippen LogP contribution in [0.3, 0.4) is 0 Å². The smallest absolute Gasteiger partial charge is 0.171 e. The summed E-state index contributed by atoms with van der Waals surface area (Å²) < 4.78 is 0. The highest BCUT2D eigenvalue weighted by molar-refractivity contribution is 7.99. The molecule has 1 N–H and O–H groups in total. The van der Waals surface area contributed by atoms with E-state index >= 15 is 0 Å². The third-order valence-electron chi connectivity index (χ3n) is 2.92. The fourth-order valence-electron chi connectivity index (χ4n) is 1.95. The lowest BCUT2D eigenvalue weighted by Gasteiger charge is -2.02. The number of aldehydes is 1. The Labute approximate surface area is 125 Å². The van der Waals surface area contributed by atoms with E-state index in [0.717, 1.165) is 27.4 Å². The summed E-state index contributed by atoms with van der Waals surface area (Å²) in [6.07, 6.45) is 0.825. The van der Waals surface area contributed by atoms with Crippen molar-refractivity contribution >= 4 is 40.7 Å². The van der Waals surface area contributed by atoms with Gasteiger partial charge in [0.2, 0.25) is 0 Å². The lowest BCUT2D eigenvalue weighted by molar-refractivity contribution is 0.112. The number of aromatic nitrogens is 2. The predicted octanol–water partition coefficient (Wildman–Crippen LogP) is 4.49. The highest BCUT2D eigenvalue weighted by Gasteiger charge is 2.09. The molecule has 0 aliphatic carbocycles. The van der Waals surface area contributed by atoms with Gasteiger partial charge in [-0.25, -0.2) is 4.98 Å². The minimum absolute atomic E-state index is 0.602. The van der Waals surface area contributed by atoms with Gasteiger partial charge in [-0.2, -0.15) is 0 Å². The number of benzene rings is 2. The molecule has 0 fully saturated rings. The summed E-state index contributed by atoms with van der Waals surface area (Å²) in [7, 11) is 0. The van der Waals surface area contributed by atoms with Crippen LogP contribution in [-0.2, 0) is 0 Å². The van der Waals surface area contributed by atoms with Crippen LogP contribution < -0.4 is 0 Å². The summed E-state index contributed by atoms with van der Waals surface area (Å²) >= 11 is 7.38. The van der Waals surface area contributed by atoms with E-state index in [9.17, 15) is 4.79 Å². The van der Waals surface area contributed by atoms with Gasteiger partial charge in [0, 0.05) is 15.5 Å². The molecule has 1 aromatic heterocycles. The number of nitrogens with one attached hydrogen (secondary N) is 1. The van der Waals surface area contributed by atoms with Crippen LogP contribution >= 0.6 is 23.4 Å². The predicted molar refractivity (Wildman–Crippen MR) is 81.8 cm³/mol. The Bertz CT molecular complexity index is 798. The maximum Gasteiger partial charge on any atom is 0.171 e. The van der Waals surface area contributed by atoms with Crippen molar-refractivity contribution in [2.45, 2.75) is 17.0 Å². The molecule has 0 aliphatic heterocycles. The van der Waals surface area contributed by atoms with Crippen LogP contribution in [0.4, 0.5) is 0 Å². The van der Waals surface area contributed by atoms with Crippen molar-refractivity contribution in [3.63, 3.8) is 0 Å². The van der Waals surface area contributed by atoms with E-state index < -0.39 is 0 Å². The normalized spacial score (nSPS) is 10.9. The van der Waals surface area contributed by atoms with Crippen molar-refractivity contribution in [1.29, 1.82) is 0 Å². The van der Waals surface area contributed by atoms with Gasteiger partial charge < -0.3 is 4.98 Å². The zero-order chi connectivity index (χ0) is 14.1. The van der Waals surface area contributed by atoms with Crippen LogP contribution in [0.2, 0.25) is 5.02 Å². The Morgan fingerprint density at radius 1 is 1.25 bits per heavy atom. The number of hydrogen-bond donors (Lipinski definition) is 1. The van der Waals surface area contributed by atoms with Gasteiger partial charge in [-0.15, -0.1) is 0 Å². The number of aryl methyl sites for hydroxylation is 1. The van der Waals surface area contributed by atoms with Crippen molar-refractivity contribution in [2.75, 3.05) is 0 Å². The van der Waals surface area contributed by atoms with E-state index in [-0.39, 0.29) is 0 Å². The number of H-pyrrole nitrogens is 1. The Hall–Kier alpha value is -1.78. The Morgan fingerprint density at radius 3 is 2.90 bits per heavy atom. The molecule has 100 valence electrons. The van der Waals surface area contributed by atoms with Gasteiger partial charge in [0.05, 0.1) is 11.0 Å². The Morgan fingerprint density at radius 2 is 2.10 bits per heavy atom. The maximum atomic E-state index is 11.1. The first-order valence-corrected chi connectivity index (χ1v) is 7.24. The molecule has 0 saturated carbocycles. The van der Waals surface area contributed by atoms with Gasteiger partial charge in [0.1, 0.15) is 0 Å². The first-order valence-electron chi connectivity index (χ1n) is 6.04. The largest absolute Gasteiger partial charge is 0.333 e. The van der Waals surface area contributed by atoms with E-state index in [0.29, 0.717) is 10.6 Å². The van der Waals surface area contributed by atoms with Crippen molar-refractivity contribution in [2.24, 2.45) is 0 Å². The first-order chi connectivity index (χ1) is 9.65. The number of carbonyl (C=O) groups is 1. The summed E-state index contributed by atoms with van der Waals surface area (Å²) in [6.45, 7) is 2.04. The summed E-state index contributed by atoms with van der Waals surface area (Å²) in [6, 6.07) is 11.2. The number of halogens is 1. The van der Waals surface area contributed by atoms with Gasteiger partial charge in [0.15, 0.2) is 11.4 Å². The van der Waals surface area contributed by atoms with E-state index in [1.165, 1.54) is 17.3 Å². The van der Waals surface area contributed by atoms with Crippen LogP contribution in [0.25, 0.3) is 11.0 Å². The van der Waals surface area contributed by atoms with Crippen LogP contribution in [0, 0.1) is 6.92 Å². The average Bonchev–Trinajstić information content (AvgIpc) is 2.80. The summed E-state index contributed by atoms with van der Waals surface area (Å²) in [5.74, 6) is 0. The molecule has 3 aromatic rings. The molecule has 1 heterocycles. The fourth-order valence-corrected chi connectivity index (χ4v) is 3.12.